The predicted octanol–water partition coefficient (Wildman–Crippen LogP) is 17.0. The van der Waals surface area contributed by atoms with Crippen molar-refractivity contribution in [2.45, 2.75) is 0 Å². The van der Waals surface area contributed by atoms with Gasteiger partial charge in [-0.2, -0.15) is 0 Å². The van der Waals surface area contributed by atoms with E-state index in [-0.39, 0.29) is 0 Å². The van der Waals surface area contributed by atoms with Gasteiger partial charge >= 0.3 is 0 Å². The van der Waals surface area contributed by atoms with Gasteiger partial charge in [0.1, 0.15) is 0 Å². The molecule has 0 radical (unpaired) electrons. The first-order chi connectivity index (χ1) is 32.7. The van der Waals surface area contributed by atoms with Crippen LogP contribution in [0.25, 0.3) is 67.1 Å². The summed E-state index contributed by atoms with van der Waals surface area (Å²) in [6.45, 7) is 0. The molecule has 0 saturated carbocycles. The maximum Gasteiger partial charge on any atom is 0.0541 e. The highest BCUT2D eigenvalue weighted by atomic mass is 15.1. The smallest absolute Gasteiger partial charge is 0.0541 e. The average Bonchev–Trinajstić information content (AvgIpc) is 3.91. The van der Waals surface area contributed by atoms with Crippen LogP contribution in [0.2, 0.25) is 0 Å². The van der Waals surface area contributed by atoms with Crippen LogP contribution in [0.3, 0.4) is 0 Å². The van der Waals surface area contributed by atoms with Gasteiger partial charge in [-0.3, -0.25) is 0 Å². The van der Waals surface area contributed by atoms with Crippen molar-refractivity contribution in [3.63, 3.8) is 0 Å². The zero-order valence-electron chi connectivity index (χ0n) is 36.2. The molecule has 4 nitrogen and oxygen atoms in total. The van der Waals surface area contributed by atoms with Gasteiger partial charge < -0.3 is 18.9 Å². The van der Waals surface area contributed by atoms with E-state index < -0.39 is 0 Å². The van der Waals surface area contributed by atoms with Gasteiger partial charge in [-0.25, -0.2) is 0 Å². The lowest BCUT2D eigenvalue weighted by Crippen LogP contribution is -2.10. The van der Waals surface area contributed by atoms with Gasteiger partial charge in [-0.05, 0) is 132 Å². The van der Waals surface area contributed by atoms with Gasteiger partial charge in [-0.1, -0.05) is 146 Å². The first-order valence-electron chi connectivity index (χ1n) is 22.5. The van der Waals surface area contributed by atoms with Crippen molar-refractivity contribution in [3.05, 3.63) is 266 Å². The molecule has 12 rings (SSSR count). The zero-order valence-corrected chi connectivity index (χ0v) is 36.2. The molecule has 312 valence electrons. The maximum atomic E-state index is 2.36. The Labute approximate surface area is 384 Å². The fourth-order valence-corrected chi connectivity index (χ4v) is 9.65. The standard InChI is InChI=1S/C62H44N4/c1-3-17-47(18-4-1)63(50-36-40-52(41-37-50)65-59-26-11-7-22-55(59)56-23-8-12-27-60(56)65)49-34-32-45(33-35-49)30-31-46-16-15-21-54(44-46)64(48-19-5-2-6-20-48)51-38-42-53(43-39-51)66-61-28-13-9-24-57(61)58-25-10-14-29-62(58)66/h1-44H. The van der Waals surface area contributed by atoms with E-state index in [1.54, 1.807) is 0 Å². The van der Waals surface area contributed by atoms with Crippen LogP contribution in [0, 0.1) is 0 Å². The highest BCUT2D eigenvalue weighted by Gasteiger charge is 2.17. The Kier molecular flexibility index (Phi) is 9.81. The predicted molar refractivity (Wildman–Crippen MR) is 280 cm³/mol. The summed E-state index contributed by atoms with van der Waals surface area (Å²) in [5.74, 6) is 0. The molecule has 2 aromatic heterocycles. The molecule has 0 aliphatic heterocycles. The van der Waals surface area contributed by atoms with Crippen LogP contribution in [0.4, 0.5) is 34.1 Å². The quantitative estimate of drug-likeness (QED) is 0.128. The lowest BCUT2D eigenvalue weighted by atomic mass is 10.1. The van der Waals surface area contributed by atoms with E-state index in [0.29, 0.717) is 0 Å². The summed E-state index contributed by atoms with van der Waals surface area (Å²) in [5.41, 5.74) is 15.9. The molecule has 0 unspecified atom stereocenters. The number of aromatic nitrogens is 2. The van der Waals surface area contributed by atoms with Gasteiger partial charge in [0.2, 0.25) is 0 Å². The third-order valence-corrected chi connectivity index (χ3v) is 12.7. The Hall–Kier alpha value is -8.86. The molecule has 2 heterocycles. The SMILES string of the molecule is C(=Cc1cccc(N(c2ccccc2)c2ccc(-n3c4ccccc4c4ccccc43)cc2)c1)c1ccc(N(c2ccccc2)c2ccc(-n3c4ccccc4c4ccccc43)cc2)cc1. The molecule has 0 fully saturated rings. The molecule has 0 aliphatic rings. The molecule has 0 spiro atoms. The van der Waals surface area contributed by atoms with E-state index >= 15 is 0 Å². The van der Waals surface area contributed by atoms with E-state index in [9.17, 15) is 0 Å². The maximum absolute atomic E-state index is 2.36. The number of nitrogens with zero attached hydrogens (tertiary/aromatic N) is 4. The average molecular weight is 845 g/mol. The van der Waals surface area contributed by atoms with Crippen LogP contribution in [-0.2, 0) is 0 Å². The van der Waals surface area contributed by atoms with Crippen molar-refractivity contribution in [3.8, 4) is 11.4 Å². The zero-order chi connectivity index (χ0) is 43.8. The van der Waals surface area contributed by atoms with E-state index in [2.05, 4.69) is 286 Å². The number of hydrogen-bond acceptors (Lipinski definition) is 2. The fraction of sp³-hybridized carbons (Fsp3) is 0. The van der Waals surface area contributed by atoms with Crippen LogP contribution in [0.1, 0.15) is 11.1 Å². The molecule has 0 atom stereocenters. The van der Waals surface area contributed by atoms with Crippen molar-refractivity contribution < 1.29 is 0 Å². The first-order valence-corrected chi connectivity index (χ1v) is 22.5. The van der Waals surface area contributed by atoms with Gasteiger partial charge in [-0.15, -0.1) is 0 Å². The Morgan fingerprint density at radius 1 is 0.242 bits per heavy atom. The molecule has 0 bridgehead atoms. The second-order valence-electron chi connectivity index (χ2n) is 16.6. The summed E-state index contributed by atoms with van der Waals surface area (Å²) in [7, 11) is 0. The molecule has 12 aromatic rings. The molecule has 0 saturated heterocycles. The topological polar surface area (TPSA) is 16.3 Å². The minimum Gasteiger partial charge on any atom is -0.311 e. The van der Waals surface area contributed by atoms with Gasteiger partial charge in [0, 0.05) is 67.0 Å². The Bertz CT molecular complexity index is 3570. The third kappa shape index (κ3) is 6.98. The van der Waals surface area contributed by atoms with Crippen LogP contribution >= 0.6 is 0 Å². The summed E-state index contributed by atoms with van der Waals surface area (Å²) < 4.78 is 4.73. The Morgan fingerprint density at radius 3 is 0.985 bits per heavy atom. The monoisotopic (exact) mass is 844 g/mol. The first kappa shape index (κ1) is 38.8. The van der Waals surface area contributed by atoms with Crippen molar-refractivity contribution in [2.75, 3.05) is 9.80 Å². The molecule has 66 heavy (non-hydrogen) atoms. The molecular weight excluding hydrogens is 801 g/mol. The van der Waals surface area contributed by atoms with Gasteiger partial charge in [0.15, 0.2) is 0 Å². The highest BCUT2D eigenvalue weighted by Crippen LogP contribution is 2.39. The van der Waals surface area contributed by atoms with E-state index in [1.807, 2.05) is 0 Å². The minimum atomic E-state index is 1.09. The summed E-state index contributed by atoms with van der Waals surface area (Å²) in [6.07, 6.45) is 4.40. The van der Waals surface area contributed by atoms with Gasteiger partial charge in [0.25, 0.3) is 0 Å². The third-order valence-electron chi connectivity index (χ3n) is 12.7. The fourth-order valence-electron chi connectivity index (χ4n) is 9.65. The van der Waals surface area contributed by atoms with Crippen LogP contribution in [0.5, 0.6) is 0 Å². The molecular formula is C62H44N4. The highest BCUT2D eigenvalue weighted by molar-refractivity contribution is 6.10. The second-order valence-corrected chi connectivity index (χ2v) is 16.6. The minimum absolute atomic E-state index is 1.09. The number of anilines is 6. The van der Waals surface area contributed by atoms with Gasteiger partial charge in [0.05, 0.1) is 22.1 Å². The summed E-state index contributed by atoms with van der Waals surface area (Å²) in [4.78, 5) is 4.65. The van der Waals surface area contributed by atoms with Crippen LogP contribution in [-0.4, -0.2) is 9.13 Å². The van der Waals surface area contributed by atoms with E-state index in [1.165, 1.54) is 43.6 Å². The summed E-state index contributed by atoms with van der Waals surface area (Å²) in [6, 6.07) is 91.3. The lowest BCUT2D eigenvalue weighted by molar-refractivity contribution is 1.17. The number of para-hydroxylation sites is 6. The van der Waals surface area contributed by atoms with E-state index in [0.717, 1.165) is 56.6 Å². The summed E-state index contributed by atoms with van der Waals surface area (Å²) >= 11 is 0. The van der Waals surface area contributed by atoms with Crippen LogP contribution in [0.15, 0.2) is 255 Å². The Morgan fingerprint density at radius 2 is 0.561 bits per heavy atom. The van der Waals surface area contributed by atoms with Crippen molar-refractivity contribution >= 4 is 89.9 Å². The van der Waals surface area contributed by atoms with E-state index in [4.69, 9.17) is 0 Å². The molecule has 10 aromatic carbocycles. The lowest BCUT2D eigenvalue weighted by Gasteiger charge is -2.26. The number of rotatable bonds is 10. The molecule has 0 amide bonds. The molecule has 4 heteroatoms. The van der Waals surface area contributed by atoms with Crippen LogP contribution < -0.4 is 9.80 Å². The Balaban J connectivity index is 0.832. The normalized spacial score (nSPS) is 11.6. The number of fused-ring (bicyclic) bond motifs is 6. The summed E-state index contributed by atoms with van der Waals surface area (Å²) in [5, 5.41) is 5.04. The molecule has 0 aliphatic carbocycles. The van der Waals surface area contributed by atoms with Crippen molar-refractivity contribution in [2.24, 2.45) is 0 Å². The van der Waals surface area contributed by atoms with Crippen molar-refractivity contribution in [1.29, 1.82) is 0 Å². The number of hydrogen-bond donors (Lipinski definition) is 0. The second kappa shape index (κ2) is 16.7. The molecule has 0 N–H and O–H groups in total. The van der Waals surface area contributed by atoms with Crippen molar-refractivity contribution in [1.82, 2.24) is 9.13 Å². The largest absolute Gasteiger partial charge is 0.311 e. The number of benzene rings is 10.